The van der Waals surface area contributed by atoms with Gasteiger partial charge in [0.1, 0.15) is 0 Å². The van der Waals surface area contributed by atoms with Gasteiger partial charge in [0.25, 0.3) is 10.9 Å². The second-order valence-electron chi connectivity index (χ2n) is 5.60. The van der Waals surface area contributed by atoms with Crippen LogP contribution in [0.5, 0.6) is 0 Å². The molecular weight excluding hydrogens is 402 g/mol. The molecule has 0 amide bonds. The van der Waals surface area contributed by atoms with Crippen LogP contribution in [0.3, 0.4) is 0 Å². The Kier molecular flexibility index (Phi) is 6.22. The summed E-state index contributed by atoms with van der Waals surface area (Å²) < 4.78 is 30.0. The lowest BCUT2D eigenvalue weighted by molar-refractivity contribution is -0.384. The van der Waals surface area contributed by atoms with Gasteiger partial charge in [-0.05, 0) is 17.7 Å². The van der Waals surface area contributed by atoms with E-state index in [2.05, 4.69) is 10.2 Å². The van der Waals surface area contributed by atoms with Gasteiger partial charge < -0.3 is 4.42 Å². The fourth-order valence-corrected chi connectivity index (χ4v) is 3.99. The molecule has 28 heavy (non-hydrogen) atoms. The SMILES string of the molecule is O=[N+]([O-])c1ccc(S(=O)(=O)C=CCSc2nnc(Cc3ccccc3)o2)cc1. The third-order valence-electron chi connectivity index (χ3n) is 3.60. The predicted octanol–water partition coefficient (Wildman–Crippen LogP) is 3.65. The van der Waals surface area contributed by atoms with Crippen molar-refractivity contribution in [3.8, 4) is 0 Å². The third kappa shape index (κ3) is 5.27. The van der Waals surface area contributed by atoms with Gasteiger partial charge in [0.05, 0.1) is 16.2 Å². The Hall–Kier alpha value is -2.98. The van der Waals surface area contributed by atoms with E-state index in [-0.39, 0.29) is 10.6 Å². The highest BCUT2D eigenvalue weighted by Crippen LogP contribution is 2.20. The molecule has 2 aromatic carbocycles. The fraction of sp³-hybridized carbons (Fsp3) is 0.111. The van der Waals surface area contributed by atoms with Gasteiger partial charge in [0, 0.05) is 23.3 Å². The summed E-state index contributed by atoms with van der Waals surface area (Å²) in [6.45, 7) is 0. The molecule has 1 aromatic heterocycles. The summed E-state index contributed by atoms with van der Waals surface area (Å²) in [5.74, 6) is 0.801. The van der Waals surface area contributed by atoms with Crippen LogP contribution in [0.1, 0.15) is 11.5 Å². The summed E-state index contributed by atoms with van der Waals surface area (Å²) >= 11 is 1.21. The van der Waals surface area contributed by atoms with Gasteiger partial charge in [-0.25, -0.2) is 8.42 Å². The van der Waals surface area contributed by atoms with Gasteiger partial charge in [-0.2, -0.15) is 0 Å². The summed E-state index contributed by atoms with van der Waals surface area (Å²) in [6.07, 6.45) is 1.99. The van der Waals surface area contributed by atoms with E-state index >= 15 is 0 Å². The molecule has 0 saturated heterocycles. The molecule has 0 radical (unpaired) electrons. The second kappa shape index (κ2) is 8.81. The molecular formula is C18H15N3O5S2. The van der Waals surface area contributed by atoms with E-state index in [4.69, 9.17) is 4.42 Å². The van der Waals surface area contributed by atoms with Crippen LogP contribution < -0.4 is 0 Å². The van der Waals surface area contributed by atoms with Crippen molar-refractivity contribution >= 4 is 27.3 Å². The Morgan fingerprint density at radius 3 is 2.46 bits per heavy atom. The number of nitro groups is 1. The molecule has 0 aliphatic rings. The zero-order valence-corrected chi connectivity index (χ0v) is 16.1. The normalized spacial score (nSPS) is 11.7. The molecule has 1 heterocycles. The first-order valence-corrected chi connectivity index (χ1v) is 10.6. The zero-order valence-electron chi connectivity index (χ0n) is 14.5. The standard InChI is InChI=1S/C18H15N3O5S2/c22-21(23)15-7-9-16(10-8-15)28(24,25)12-4-11-27-18-20-19-17(26-18)13-14-5-2-1-3-6-14/h1-10,12H,11,13H2. The van der Waals surface area contributed by atoms with E-state index in [9.17, 15) is 18.5 Å². The van der Waals surface area contributed by atoms with Crippen molar-refractivity contribution in [1.82, 2.24) is 10.2 Å². The zero-order chi connectivity index (χ0) is 20.0. The van der Waals surface area contributed by atoms with Crippen LogP contribution in [0.25, 0.3) is 0 Å². The van der Waals surface area contributed by atoms with Crippen LogP contribution in [0.2, 0.25) is 0 Å². The van der Waals surface area contributed by atoms with Gasteiger partial charge >= 0.3 is 0 Å². The van der Waals surface area contributed by atoms with E-state index < -0.39 is 14.8 Å². The summed E-state index contributed by atoms with van der Waals surface area (Å²) in [5.41, 5.74) is 0.887. The average Bonchev–Trinajstić information content (AvgIpc) is 3.13. The highest BCUT2D eigenvalue weighted by Gasteiger charge is 2.13. The van der Waals surface area contributed by atoms with Crippen LogP contribution in [0.15, 0.2) is 80.6 Å². The Labute approximate surface area is 165 Å². The number of benzene rings is 2. The van der Waals surface area contributed by atoms with Crippen LogP contribution in [-0.2, 0) is 16.3 Å². The number of nitrogens with zero attached hydrogens (tertiary/aromatic N) is 3. The van der Waals surface area contributed by atoms with Crippen molar-refractivity contribution < 1.29 is 17.8 Å². The molecule has 8 nitrogen and oxygen atoms in total. The minimum absolute atomic E-state index is 0.0118. The molecule has 0 N–H and O–H groups in total. The van der Waals surface area contributed by atoms with E-state index in [1.165, 1.54) is 30.0 Å². The molecule has 0 spiro atoms. The molecule has 0 aliphatic carbocycles. The van der Waals surface area contributed by atoms with Crippen molar-refractivity contribution in [3.63, 3.8) is 0 Å². The van der Waals surface area contributed by atoms with E-state index in [0.29, 0.717) is 23.3 Å². The molecule has 0 atom stereocenters. The number of sulfone groups is 1. The molecule has 144 valence electrons. The van der Waals surface area contributed by atoms with Crippen molar-refractivity contribution in [2.45, 2.75) is 16.5 Å². The Morgan fingerprint density at radius 2 is 1.79 bits per heavy atom. The first-order valence-electron chi connectivity index (χ1n) is 8.09. The van der Waals surface area contributed by atoms with E-state index in [1.807, 2.05) is 30.3 Å². The molecule has 0 unspecified atom stereocenters. The lowest BCUT2D eigenvalue weighted by Crippen LogP contribution is -1.97. The van der Waals surface area contributed by atoms with Gasteiger partial charge in [-0.3, -0.25) is 10.1 Å². The Morgan fingerprint density at radius 1 is 1.07 bits per heavy atom. The maximum atomic E-state index is 12.2. The maximum Gasteiger partial charge on any atom is 0.276 e. The lowest BCUT2D eigenvalue weighted by atomic mass is 10.2. The molecule has 3 aromatic rings. The number of non-ortho nitro benzene ring substituents is 1. The number of rotatable bonds is 8. The highest BCUT2D eigenvalue weighted by molar-refractivity contribution is 7.99. The van der Waals surface area contributed by atoms with Crippen molar-refractivity contribution in [2.24, 2.45) is 0 Å². The largest absolute Gasteiger partial charge is 0.416 e. The van der Waals surface area contributed by atoms with Crippen LogP contribution in [0, 0.1) is 10.1 Å². The monoisotopic (exact) mass is 417 g/mol. The quantitative estimate of drug-likeness (QED) is 0.310. The molecule has 0 aliphatic heterocycles. The molecule has 0 fully saturated rings. The fourth-order valence-electron chi connectivity index (χ4n) is 2.26. The summed E-state index contributed by atoms with van der Waals surface area (Å²) in [6, 6.07) is 14.4. The predicted molar refractivity (Wildman–Crippen MR) is 104 cm³/mol. The Balaban J connectivity index is 1.55. The third-order valence-corrected chi connectivity index (χ3v) is 5.85. The van der Waals surface area contributed by atoms with Gasteiger partial charge in [-0.15, -0.1) is 10.2 Å². The summed E-state index contributed by atoms with van der Waals surface area (Å²) in [4.78, 5) is 10.0. The van der Waals surface area contributed by atoms with E-state index in [0.717, 1.165) is 23.1 Å². The molecule has 3 rings (SSSR count). The maximum absolute atomic E-state index is 12.2. The Bertz CT molecular complexity index is 1080. The number of nitro benzene ring substituents is 1. The lowest BCUT2D eigenvalue weighted by Gasteiger charge is -1.98. The highest BCUT2D eigenvalue weighted by atomic mass is 32.2. The first-order chi connectivity index (χ1) is 13.4. The molecule has 0 saturated carbocycles. The van der Waals surface area contributed by atoms with Crippen LogP contribution in [0.4, 0.5) is 5.69 Å². The minimum Gasteiger partial charge on any atom is -0.416 e. The minimum atomic E-state index is -3.68. The van der Waals surface area contributed by atoms with Crippen LogP contribution in [-0.4, -0.2) is 29.3 Å². The smallest absolute Gasteiger partial charge is 0.276 e. The van der Waals surface area contributed by atoms with Gasteiger partial charge in [0.15, 0.2) is 9.84 Å². The number of aromatic nitrogens is 2. The molecule has 10 heteroatoms. The summed E-state index contributed by atoms with van der Waals surface area (Å²) in [7, 11) is -3.68. The van der Waals surface area contributed by atoms with E-state index in [1.54, 1.807) is 0 Å². The molecule has 0 bridgehead atoms. The van der Waals surface area contributed by atoms with Gasteiger partial charge in [0.2, 0.25) is 5.89 Å². The first kappa shape index (κ1) is 19.8. The average molecular weight is 417 g/mol. The van der Waals surface area contributed by atoms with Crippen molar-refractivity contribution in [2.75, 3.05) is 5.75 Å². The van der Waals surface area contributed by atoms with Gasteiger partial charge in [-0.1, -0.05) is 48.2 Å². The van der Waals surface area contributed by atoms with Crippen molar-refractivity contribution in [3.05, 3.63) is 87.6 Å². The topological polar surface area (TPSA) is 116 Å². The van der Waals surface area contributed by atoms with Crippen molar-refractivity contribution in [1.29, 1.82) is 0 Å². The number of hydrogen-bond donors (Lipinski definition) is 0. The number of hydrogen-bond acceptors (Lipinski definition) is 8. The summed E-state index contributed by atoms with van der Waals surface area (Å²) in [5, 5.41) is 19.9. The van der Waals surface area contributed by atoms with Crippen LogP contribution >= 0.6 is 11.8 Å². The number of thioether (sulfide) groups is 1. The second-order valence-corrected chi connectivity index (χ2v) is 8.41.